The van der Waals surface area contributed by atoms with E-state index in [1.165, 1.54) is 0 Å². The zero-order valence-electron chi connectivity index (χ0n) is 12.2. The van der Waals surface area contributed by atoms with Gasteiger partial charge in [0.2, 0.25) is 0 Å². The molecule has 0 saturated heterocycles. The van der Waals surface area contributed by atoms with E-state index >= 15 is 0 Å². The predicted molar refractivity (Wildman–Crippen MR) is 95.8 cm³/mol. The topological polar surface area (TPSA) is 70.9 Å². The standard InChI is InChI=1S/C16H14Br2N2O3/c1-10(11-3-2-4-13(21)7-11)19-20-16(22)9-23-15-6-5-12(17)8-14(15)18/h2-8,21H,9H2,1H3,(H,20,22)/b19-10-. The molecule has 0 aliphatic heterocycles. The van der Waals surface area contributed by atoms with Crippen LogP contribution in [0.1, 0.15) is 12.5 Å². The molecule has 0 radical (unpaired) electrons. The van der Waals surface area contributed by atoms with E-state index in [0.29, 0.717) is 11.5 Å². The number of phenols is 1. The largest absolute Gasteiger partial charge is 0.508 e. The number of nitrogens with one attached hydrogen (secondary N) is 1. The molecule has 0 fully saturated rings. The minimum absolute atomic E-state index is 0.145. The Bertz CT molecular complexity index is 748. The summed E-state index contributed by atoms with van der Waals surface area (Å²) in [5, 5.41) is 13.4. The Morgan fingerprint density at radius 3 is 2.74 bits per heavy atom. The van der Waals surface area contributed by atoms with Crippen LogP contribution in [0.4, 0.5) is 0 Å². The van der Waals surface area contributed by atoms with Gasteiger partial charge in [-0.15, -0.1) is 0 Å². The fraction of sp³-hybridized carbons (Fsp3) is 0.125. The highest BCUT2D eigenvalue weighted by Gasteiger charge is 2.06. The molecule has 0 saturated carbocycles. The van der Waals surface area contributed by atoms with Gasteiger partial charge in [-0.2, -0.15) is 5.10 Å². The summed E-state index contributed by atoms with van der Waals surface area (Å²) in [7, 11) is 0. The normalized spacial score (nSPS) is 11.2. The monoisotopic (exact) mass is 440 g/mol. The summed E-state index contributed by atoms with van der Waals surface area (Å²) in [6, 6.07) is 12.0. The third-order valence-electron chi connectivity index (χ3n) is 2.86. The van der Waals surface area contributed by atoms with Crippen molar-refractivity contribution in [3.8, 4) is 11.5 Å². The molecule has 2 rings (SSSR count). The van der Waals surface area contributed by atoms with Gasteiger partial charge in [-0.3, -0.25) is 4.79 Å². The van der Waals surface area contributed by atoms with Crippen LogP contribution in [0.2, 0.25) is 0 Å². The van der Waals surface area contributed by atoms with E-state index in [1.54, 1.807) is 37.3 Å². The first-order valence-electron chi connectivity index (χ1n) is 6.66. The first kappa shape index (κ1) is 17.5. The average Bonchev–Trinajstić information content (AvgIpc) is 2.51. The van der Waals surface area contributed by atoms with Gasteiger partial charge in [0.05, 0.1) is 10.2 Å². The molecule has 0 aromatic heterocycles. The molecule has 2 aromatic carbocycles. The van der Waals surface area contributed by atoms with Gasteiger partial charge >= 0.3 is 0 Å². The number of halogens is 2. The van der Waals surface area contributed by atoms with Crippen LogP contribution >= 0.6 is 31.9 Å². The first-order valence-corrected chi connectivity index (χ1v) is 8.24. The summed E-state index contributed by atoms with van der Waals surface area (Å²) in [6.07, 6.45) is 0. The van der Waals surface area contributed by atoms with Crippen molar-refractivity contribution >= 4 is 43.5 Å². The molecule has 7 heteroatoms. The van der Waals surface area contributed by atoms with Crippen LogP contribution in [0.25, 0.3) is 0 Å². The van der Waals surface area contributed by atoms with E-state index in [9.17, 15) is 9.90 Å². The lowest BCUT2D eigenvalue weighted by molar-refractivity contribution is -0.123. The lowest BCUT2D eigenvalue weighted by atomic mass is 10.1. The maximum Gasteiger partial charge on any atom is 0.277 e. The Hall–Kier alpha value is -1.86. The van der Waals surface area contributed by atoms with E-state index in [2.05, 4.69) is 42.4 Å². The summed E-state index contributed by atoms with van der Waals surface area (Å²) in [6.45, 7) is 1.58. The summed E-state index contributed by atoms with van der Waals surface area (Å²) in [5.41, 5.74) is 3.73. The fourth-order valence-electron chi connectivity index (χ4n) is 1.71. The molecule has 120 valence electrons. The number of hydrogen-bond donors (Lipinski definition) is 2. The maximum absolute atomic E-state index is 11.8. The highest BCUT2D eigenvalue weighted by atomic mass is 79.9. The van der Waals surface area contributed by atoms with Gasteiger partial charge in [0.15, 0.2) is 6.61 Å². The van der Waals surface area contributed by atoms with Crippen molar-refractivity contribution in [2.45, 2.75) is 6.92 Å². The van der Waals surface area contributed by atoms with E-state index in [1.807, 2.05) is 12.1 Å². The Labute approximate surface area is 150 Å². The maximum atomic E-state index is 11.8. The number of hydrogen-bond acceptors (Lipinski definition) is 4. The Morgan fingerprint density at radius 1 is 1.26 bits per heavy atom. The SMILES string of the molecule is C/C(=N/NC(=O)COc1ccc(Br)cc1Br)c1cccc(O)c1. The lowest BCUT2D eigenvalue weighted by Gasteiger charge is -2.08. The highest BCUT2D eigenvalue weighted by Crippen LogP contribution is 2.28. The van der Waals surface area contributed by atoms with Crippen LogP contribution in [0.5, 0.6) is 11.5 Å². The van der Waals surface area contributed by atoms with E-state index < -0.39 is 0 Å². The smallest absolute Gasteiger partial charge is 0.277 e. The molecule has 23 heavy (non-hydrogen) atoms. The zero-order chi connectivity index (χ0) is 16.8. The average molecular weight is 442 g/mol. The second kappa shape index (κ2) is 8.12. The van der Waals surface area contributed by atoms with Gasteiger partial charge in [0, 0.05) is 10.0 Å². The number of nitrogens with zero attached hydrogens (tertiary/aromatic N) is 1. The number of amides is 1. The second-order valence-electron chi connectivity index (χ2n) is 4.65. The fourth-order valence-corrected chi connectivity index (χ4v) is 2.87. The van der Waals surface area contributed by atoms with Crippen LogP contribution in [-0.2, 0) is 4.79 Å². The van der Waals surface area contributed by atoms with Crippen molar-refractivity contribution in [1.82, 2.24) is 5.43 Å². The molecular formula is C16H14Br2N2O3. The Balaban J connectivity index is 1.90. The molecule has 2 aromatic rings. The van der Waals surface area contributed by atoms with Crippen molar-refractivity contribution in [3.63, 3.8) is 0 Å². The number of aromatic hydroxyl groups is 1. The molecule has 0 aliphatic carbocycles. The summed E-state index contributed by atoms with van der Waals surface area (Å²) >= 11 is 6.70. The number of carbonyl (C=O) groups is 1. The van der Waals surface area contributed by atoms with Gasteiger partial charge in [-0.05, 0) is 53.2 Å². The lowest BCUT2D eigenvalue weighted by Crippen LogP contribution is -2.25. The molecule has 2 N–H and O–H groups in total. The third kappa shape index (κ3) is 5.37. The van der Waals surface area contributed by atoms with Crippen LogP contribution in [0.3, 0.4) is 0 Å². The first-order chi connectivity index (χ1) is 11.0. The Kier molecular flexibility index (Phi) is 6.18. The highest BCUT2D eigenvalue weighted by molar-refractivity contribution is 9.11. The molecular weight excluding hydrogens is 428 g/mol. The van der Waals surface area contributed by atoms with Crippen molar-refractivity contribution in [2.75, 3.05) is 6.61 Å². The summed E-state index contributed by atoms with van der Waals surface area (Å²) in [5.74, 6) is 0.336. The second-order valence-corrected chi connectivity index (χ2v) is 6.42. The summed E-state index contributed by atoms with van der Waals surface area (Å²) in [4.78, 5) is 11.8. The molecule has 0 atom stereocenters. The predicted octanol–water partition coefficient (Wildman–Crippen LogP) is 3.84. The van der Waals surface area contributed by atoms with Crippen LogP contribution in [0.15, 0.2) is 56.5 Å². The molecule has 0 spiro atoms. The number of rotatable bonds is 5. The minimum atomic E-state index is -0.376. The van der Waals surface area contributed by atoms with Crippen molar-refractivity contribution in [1.29, 1.82) is 0 Å². The molecule has 5 nitrogen and oxygen atoms in total. The zero-order valence-corrected chi connectivity index (χ0v) is 15.4. The Morgan fingerprint density at radius 2 is 2.04 bits per heavy atom. The van der Waals surface area contributed by atoms with Gasteiger partial charge < -0.3 is 9.84 Å². The molecule has 0 bridgehead atoms. The molecule has 0 aliphatic rings. The quantitative estimate of drug-likeness (QED) is 0.547. The van der Waals surface area contributed by atoms with Crippen molar-refractivity contribution in [3.05, 3.63) is 57.0 Å². The van der Waals surface area contributed by atoms with Crippen LogP contribution in [-0.4, -0.2) is 23.3 Å². The van der Waals surface area contributed by atoms with E-state index in [4.69, 9.17) is 4.74 Å². The van der Waals surface area contributed by atoms with Gasteiger partial charge in [0.1, 0.15) is 11.5 Å². The molecule has 1 amide bonds. The number of phenolic OH excluding ortho intramolecular Hbond substituents is 1. The summed E-state index contributed by atoms with van der Waals surface area (Å²) < 4.78 is 7.08. The van der Waals surface area contributed by atoms with E-state index in [-0.39, 0.29) is 18.3 Å². The van der Waals surface area contributed by atoms with Crippen molar-refractivity contribution in [2.24, 2.45) is 5.10 Å². The third-order valence-corrected chi connectivity index (χ3v) is 3.98. The van der Waals surface area contributed by atoms with Gasteiger partial charge in [0.25, 0.3) is 5.91 Å². The van der Waals surface area contributed by atoms with Gasteiger partial charge in [-0.25, -0.2) is 5.43 Å². The van der Waals surface area contributed by atoms with Crippen LogP contribution in [0, 0.1) is 0 Å². The number of carbonyl (C=O) groups excluding carboxylic acids is 1. The van der Waals surface area contributed by atoms with Gasteiger partial charge in [-0.1, -0.05) is 28.1 Å². The van der Waals surface area contributed by atoms with E-state index in [0.717, 1.165) is 14.5 Å². The number of benzene rings is 2. The number of ether oxygens (including phenoxy) is 1. The van der Waals surface area contributed by atoms with Crippen molar-refractivity contribution < 1.29 is 14.6 Å². The molecule has 0 unspecified atom stereocenters. The van der Waals surface area contributed by atoms with Crippen LogP contribution < -0.4 is 10.2 Å². The number of hydrazone groups is 1. The molecule has 0 heterocycles. The minimum Gasteiger partial charge on any atom is -0.508 e.